The zero-order valence-electron chi connectivity index (χ0n) is 13.9. The SMILES string of the molecule is C=NC(=N)c1ccc(C2=C/C(=C/C)C(=NC)N(CC)C2=O)c(Cl)c1. The Labute approximate surface area is 146 Å². The summed E-state index contributed by atoms with van der Waals surface area (Å²) < 4.78 is 0. The van der Waals surface area contributed by atoms with Gasteiger partial charge in [0.25, 0.3) is 5.91 Å². The Morgan fingerprint density at radius 2 is 2.17 bits per heavy atom. The van der Waals surface area contributed by atoms with Crippen LogP contribution in [0.3, 0.4) is 0 Å². The van der Waals surface area contributed by atoms with Crippen molar-refractivity contribution < 1.29 is 4.79 Å². The molecule has 0 saturated carbocycles. The molecular formula is C18H19ClN4O. The number of amides is 1. The Morgan fingerprint density at radius 3 is 2.67 bits per heavy atom. The van der Waals surface area contributed by atoms with Crippen molar-refractivity contribution in [2.24, 2.45) is 9.98 Å². The van der Waals surface area contributed by atoms with Crippen molar-refractivity contribution in [3.05, 3.63) is 52.1 Å². The quantitative estimate of drug-likeness (QED) is 0.662. The highest BCUT2D eigenvalue weighted by molar-refractivity contribution is 6.37. The highest BCUT2D eigenvalue weighted by atomic mass is 35.5. The predicted octanol–water partition coefficient (Wildman–Crippen LogP) is 3.59. The Balaban J connectivity index is 2.59. The van der Waals surface area contributed by atoms with Crippen LogP contribution in [0.1, 0.15) is 25.0 Å². The molecule has 0 bridgehead atoms. The number of nitrogens with zero attached hydrogens (tertiary/aromatic N) is 3. The minimum atomic E-state index is -0.143. The predicted molar refractivity (Wildman–Crippen MR) is 100 cm³/mol. The van der Waals surface area contributed by atoms with Gasteiger partial charge < -0.3 is 0 Å². The lowest BCUT2D eigenvalue weighted by Gasteiger charge is -2.29. The maximum Gasteiger partial charge on any atom is 0.260 e. The lowest BCUT2D eigenvalue weighted by atomic mass is 9.95. The van der Waals surface area contributed by atoms with E-state index in [2.05, 4.69) is 16.7 Å². The average Bonchev–Trinajstić information content (AvgIpc) is 2.60. The van der Waals surface area contributed by atoms with E-state index < -0.39 is 0 Å². The highest BCUT2D eigenvalue weighted by Crippen LogP contribution is 2.31. The molecule has 1 amide bonds. The third-order valence-electron chi connectivity index (χ3n) is 3.82. The van der Waals surface area contributed by atoms with E-state index >= 15 is 0 Å². The number of carbonyl (C=O) groups excluding carboxylic acids is 1. The van der Waals surface area contributed by atoms with Gasteiger partial charge in [-0.05, 0) is 32.7 Å². The van der Waals surface area contributed by atoms with Crippen LogP contribution in [-0.4, -0.2) is 42.8 Å². The van der Waals surface area contributed by atoms with Crippen molar-refractivity contribution in [3.8, 4) is 0 Å². The summed E-state index contributed by atoms with van der Waals surface area (Å²) in [5, 5.41) is 8.09. The maximum atomic E-state index is 12.8. The van der Waals surface area contributed by atoms with Crippen LogP contribution in [0.2, 0.25) is 5.02 Å². The van der Waals surface area contributed by atoms with Gasteiger partial charge in [0.15, 0.2) is 5.84 Å². The average molecular weight is 343 g/mol. The van der Waals surface area contributed by atoms with Crippen LogP contribution >= 0.6 is 11.6 Å². The van der Waals surface area contributed by atoms with Crippen molar-refractivity contribution >= 4 is 41.5 Å². The molecule has 0 aliphatic carbocycles. The first-order valence-corrected chi connectivity index (χ1v) is 7.88. The number of hydrogen-bond acceptors (Lipinski definition) is 3. The molecule has 0 saturated heterocycles. The van der Waals surface area contributed by atoms with Crippen LogP contribution in [0.25, 0.3) is 5.57 Å². The minimum Gasteiger partial charge on any atom is -0.293 e. The van der Waals surface area contributed by atoms with Crippen molar-refractivity contribution in [1.29, 1.82) is 5.41 Å². The molecule has 1 heterocycles. The van der Waals surface area contributed by atoms with E-state index in [-0.39, 0.29) is 11.7 Å². The molecule has 2 rings (SSSR count). The monoisotopic (exact) mass is 342 g/mol. The molecule has 0 radical (unpaired) electrons. The van der Waals surface area contributed by atoms with E-state index in [9.17, 15) is 4.79 Å². The van der Waals surface area contributed by atoms with Crippen molar-refractivity contribution in [3.63, 3.8) is 0 Å². The van der Waals surface area contributed by atoms with Crippen LogP contribution in [0.4, 0.5) is 0 Å². The molecule has 0 fully saturated rings. The molecule has 124 valence electrons. The van der Waals surface area contributed by atoms with Gasteiger partial charge in [-0.1, -0.05) is 29.8 Å². The number of benzene rings is 1. The first kappa shape index (κ1) is 17.8. The van der Waals surface area contributed by atoms with E-state index in [1.807, 2.05) is 19.9 Å². The lowest BCUT2D eigenvalue weighted by Crippen LogP contribution is -2.41. The van der Waals surface area contributed by atoms with E-state index in [0.717, 1.165) is 5.57 Å². The number of carbonyl (C=O) groups is 1. The molecule has 24 heavy (non-hydrogen) atoms. The van der Waals surface area contributed by atoms with Gasteiger partial charge in [-0.25, -0.2) is 4.99 Å². The topological polar surface area (TPSA) is 68.9 Å². The second-order valence-corrected chi connectivity index (χ2v) is 5.51. The van der Waals surface area contributed by atoms with E-state index in [1.165, 1.54) is 0 Å². The number of allylic oxidation sites excluding steroid dienone is 1. The molecule has 1 aromatic carbocycles. The van der Waals surface area contributed by atoms with Gasteiger partial charge in [-0.3, -0.25) is 20.1 Å². The molecule has 0 unspecified atom stereocenters. The van der Waals surface area contributed by atoms with Crippen LogP contribution in [0, 0.1) is 5.41 Å². The molecule has 0 spiro atoms. The number of halogens is 1. The van der Waals surface area contributed by atoms with Crippen molar-refractivity contribution in [2.45, 2.75) is 13.8 Å². The number of nitrogens with one attached hydrogen (secondary N) is 1. The summed E-state index contributed by atoms with van der Waals surface area (Å²) in [7, 11) is 1.67. The summed E-state index contributed by atoms with van der Waals surface area (Å²) >= 11 is 6.36. The Kier molecular flexibility index (Phi) is 5.46. The smallest absolute Gasteiger partial charge is 0.260 e. The van der Waals surface area contributed by atoms with Gasteiger partial charge in [0.1, 0.15) is 5.84 Å². The summed E-state index contributed by atoms with van der Waals surface area (Å²) in [6, 6.07) is 5.06. The summed E-state index contributed by atoms with van der Waals surface area (Å²) in [6.45, 7) is 7.66. The third-order valence-corrected chi connectivity index (χ3v) is 4.13. The van der Waals surface area contributed by atoms with E-state index in [0.29, 0.717) is 34.1 Å². The van der Waals surface area contributed by atoms with Crippen LogP contribution < -0.4 is 0 Å². The largest absolute Gasteiger partial charge is 0.293 e. The first-order chi connectivity index (χ1) is 11.5. The summed E-state index contributed by atoms with van der Waals surface area (Å²) in [4.78, 5) is 22.3. The van der Waals surface area contributed by atoms with Gasteiger partial charge in [0, 0.05) is 40.9 Å². The number of likely N-dealkylation sites (N-methyl/N-ethyl adjacent to an activating group) is 1. The fourth-order valence-electron chi connectivity index (χ4n) is 2.60. The van der Waals surface area contributed by atoms with Gasteiger partial charge in [0.2, 0.25) is 0 Å². The third kappa shape index (κ3) is 3.08. The van der Waals surface area contributed by atoms with E-state index in [4.69, 9.17) is 17.0 Å². The molecule has 1 aromatic rings. The van der Waals surface area contributed by atoms with Crippen molar-refractivity contribution in [2.75, 3.05) is 13.6 Å². The summed E-state index contributed by atoms with van der Waals surface area (Å²) in [6.07, 6.45) is 3.71. The maximum absolute atomic E-state index is 12.8. The van der Waals surface area contributed by atoms with Crippen LogP contribution in [-0.2, 0) is 4.79 Å². The fourth-order valence-corrected chi connectivity index (χ4v) is 2.88. The molecule has 0 atom stereocenters. The summed E-state index contributed by atoms with van der Waals surface area (Å²) in [5.74, 6) is 0.548. The first-order valence-electron chi connectivity index (χ1n) is 7.51. The minimum absolute atomic E-state index is 0.0390. The molecule has 1 aliphatic rings. The van der Waals surface area contributed by atoms with Crippen molar-refractivity contribution in [1.82, 2.24) is 4.90 Å². The standard InChI is InChI=1S/C18H19ClN4O/c1-5-11-9-14(18(24)23(6-2)17(11)22-4)13-8-7-12(10-15(13)19)16(20)21-3/h5,7-10,20H,3,6H2,1-2,4H3/b11-5-,20-16?,22-17?. The highest BCUT2D eigenvalue weighted by Gasteiger charge is 2.30. The number of rotatable bonds is 3. The van der Waals surface area contributed by atoms with Gasteiger partial charge in [0.05, 0.1) is 0 Å². The van der Waals surface area contributed by atoms with Gasteiger partial charge in [-0.15, -0.1) is 0 Å². The van der Waals surface area contributed by atoms with Gasteiger partial charge in [-0.2, -0.15) is 0 Å². The molecule has 6 heteroatoms. The molecular weight excluding hydrogens is 324 g/mol. The Morgan fingerprint density at radius 1 is 1.46 bits per heavy atom. The number of amidine groups is 2. The zero-order chi connectivity index (χ0) is 17.9. The molecule has 0 aromatic heterocycles. The molecule has 1 aliphatic heterocycles. The van der Waals surface area contributed by atoms with Gasteiger partial charge >= 0.3 is 0 Å². The Hall–Kier alpha value is -2.53. The second kappa shape index (κ2) is 7.36. The van der Waals surface area contributed by atoms with Crippen LogP contribution in [0.5, 0.6) is 0 Å². The molecule has 1 N–H and O–H groups in total. The fraction of sp³-hybridized carbons (Fsp3) is 0.222. The number of hydrogen-bond donors (Lipinski definition) is 1. The normalized spacial score (nSPS) is 18.1. The van der Waals surface area contributed by atoms with Crippen LogP contribution in [0.15, 0.2) is 45.9 Å². The zero-order valence-corrected chi connectivity index (χ0v) is 14.7. The Bertz CT molecular complexity index is 805. The number of aliphatic imine (C=N–C) groups is 2. The molecule has 5 nitrogen and oxygen atoms in total. The summed E-state index contributed by atoms with van der Waals surface area (Å²) in [5.41, 5.74) is 2.55. The second-order valence-electron chi connectivity index (χ2n) is 5.10. The lowest BCUT2D eigenvalue weighted by molar-refractivity contribution is -0.121. The van der Waals surface area contributed by atoms with E-state index in [1.54, 1.807) is 36.2 Å².